The Morgan fingerprint density at radius 1 is 1.28 bits per heavy atom. The summed E-state index contributed by atoms with van der Waals surface area (Å²) in [6, 6.07) is 1.99. The van der Waals surface area contributed by atoms with Gasteiger partial charge in [0.15, 0.2) is 0 Å². The quantitative estimate of drug-likeness (QED) is 0.816. The molecule has 2 heterocycles. The third kappa shape index (κ3) is 2.85. The van der Waals surface area contributed by atoms with Gasteiger partial charge in [-0.05, 0) is 45.8 Å². The Bertz CT molecular complexity index is 390. The van der Waals surface area contributed by atoms with E-state index in [1.807, 2.05) is 0 Å². The molecule has 0 aromatic carbocycles. The number of rotatable bonds is 2. The normalized spacial score (nSPS) is 19.7. The van der Waals surface area contributed by atoms with Gasteiger partial charge in [-0.1, -0.05) is 0 Å². The van der Waals surface area contributed by atoms with E-state index in [1.54, 1.807) is 0 Å². The predicted octanol–water partition coefficient (Wildman–Crippen LogP) is 2.95. The van der Waals surface area contributed by atoms with Gasteiger partial charge in [0, 0.05) is 18.2 Å². The summed E-state index contributed by atoms with van der Waals surface area (Å²) < 4.78 is 37.4. The summed E-state index contributed by atoms with van der Waals surface area (Å²) in [6.45, 7) is 6.14. The molecule has 0 radical (unpaired) electrons. The Hall–Kier alpha value is -1.04. The highest BCUT2D eigenvalue weighted by Gasteiger charge is 2.33. The van der Waals surface area contributed by atoms with E-state index >= 15 is 0 Å². The summed E-state index contributed by atoms with van der Waals surface area (Å²) in [5.74, 6) is 0.156. The fourth-order valence-corrected chi connectivity index (χ4v) is 2.41. The smallest absolute Gasteiger partial charge is 0.301 e. The highest BCUT2D eigenvalue weighted by atomic mass is 19.4. The molecule has 1 aliphatic heterocycles. The molecule has 1 aromatic heterocycles. The second-order valence-corrected chi connectivity index (χ2v) is 5.06. The monoisotopic (exact) mass is 261 g/mol. The van der Waals surface area contributed by atoms with Gasteiger partial charge in [-0.25, -0.2) is 0 Å². The van der Waals surface area contributed by atoms with Crippen LogP contribution in [0.2, 0.25) is 0 Å². The summed E-state index contributed by atoms with van der Waals surface area (Å²) in [7, 11) is 0. The molecular formula is C12H18F3N3. The highest BCUT2D eigenvalue weighted by Crippen LogP contribution is 2.29. The van der Waals surface area contributed by atoms with Crippen LogP contribution in [0.15, 0.2) is 12.3 Å². The van der Waals surface area contributed by atoms with E-state index in [0.29, 0.717) is 11.7 Å². The maximum absolute atomic E-state index is 12.4. The molecule has 0 spiro atoms. The maximum atomic E-state index is 12.4. The van der Waals surface area contributed by atoms with Gasteiger partial charge in [0.25, 0.3) is 0 Å². The van der Waals surface area contributed by atoms with Crippen molar-refractivity contribution in [1.29, 1.82) is 0 Å². The lowest BCUT2D eigenvalue weighted by Gasteiger charge is -2.33. The number of nitrogens with zero attached hydrogens (tertiary/aromatic N) is 3. The van der Waals surface area contributed by atoms with Gasteiger partial charge >= 0.3 is 6.30 Å². The standard InChI is InChI=1S/C12H18F3N3/c1-9(2)17-6-3-10(4-7-17)11-5-8-18(16-11)12(13,14)15/h5,8-10H,3-4,6-7H2,1-2H3. The fourth-order valence-electron chi connectivity index (χ4n) is 2.41. The summed E-state index contributed by atoms with van der Waals surface area (Å²) >= 11 is 0. The maximum Gasteiger partial charge on any atom is 0.504 e. The van der Waals surface area contributed by atoms with Crippen LogP contribution in [0.1, 0.15) is 38.3 Å². The van der Waals surface area contributed by atoms with Crippen molar-refractivity contribution in [3.8, 4) is 0 Å². The molecule has 0 bridgehead atoms. The lowest BCUT2D eigenvalue weighted by molar-refractivity contribution is -0.212. The van der Waals surface area contributed by atoms with Crippen LogP contribution >= 0.6 is 0 Å². The minimum Gasteiger partial charge on any atom is -0.301 e. The Labute approximate surface area is 105 Å². The molecule has 1 fully saturated rings. The number of aromatic nitrogens is 2. The molecule has 102 valence electrons. The van der Waals surface area contributed by atoms with Crippen LogP contribution in [-0.2, 0) is 6.30 Å². The molecule has 2 rings (SSSR count). The van der Waals surface area contributed by atoms with Crippen molar-refractivity contribution < 1.29 is 13.2 Å². The van der Waals surface area contributed by atoms with Gasteiger partial charge in [0.2, 0.25) is 0 Å². The first-order chi connectivity index (χ1) is 8.38. The Kier molecular flexibility index (Phi) is 3.66. The van der Waals surface area contributed by atoms with Gasteiger partial charge in [-0.3, -0.25) is 0 Å². The number of halogens is 3. The minimum atomic E-state index is -4.41. The van der Waals surface area contributed by atoms with E-state index in [-0.39, 0.29) is 10.6 Å². The van der Waals surface area contributed by atoms with E-state index < -0.39 is 6.30 Å². The second-order valence-electron chi connectivity index (χ2n) is 5.06. The van der Waals surface area contributed by atoms with E-state index in [1.165, 1.54) is 6.07 Å². The first kappa shape index (κ1) is 13.4. The second kappa shape index (κ2) is 4.91. The van der Waals surface area contributed by atoms with Crippen molar-refractivity contribution in [1.82, 2.24) is 14.7 Å². The molecule has 6 heteroatoms. The van der Waals surface area contributed by atoms with Crippen molar-refractivity contribution in [3.63, 3.8) is 0 Å². The first-order valence-corrected chi connectivity index (χ1v) is 6.24. The summed E-state index contributed by atoms with van der Waals surface area (Å²) in [4.78, 5) is 2.34. The highest BCUT2D eigenvalue weighted by molar-refractivity contribution is 5.08. The molecule has 1 aromatic rings. The number of likely N-dealkylation sites (tertiary alicyclic amines) is 1. The largest absolute Gasteiger partial charge is 0.504 e. The molecule has 3 nitrogen and oxygen atoms in total. The molecular weight excluding hydrogens is 243 g/mol. The fraction of sp³-hybridized carbons (Fsp3) is 0.750. The SMILES string of the molecule is CC(C)N1CCC(c2ccn(C(F)(F)F)n2)CC1. The van der Waals surface area contributed by atoms with E-state index in [0.717, 1.165) is 32.1 Å². The average Bonchev–Trinajstić information content (AvgIpc) is 2.78. The Morgan fingerprint density at radius 3 is 2.33 bits per heavy atom. The topological polar surface area (TPSA) is 21.1 Å². The number of alkyl halides is 3. The van der Waals surface area contributed by atoms with E-state index in [2.05, 4.69) is 23.8 Å². The van der Waals surface area contributed by atoms with Crippen molar-refractivity contribution in [2.45, 2.75) is 44.9 Å². The van der Waals surface area contributed by atoms with Crippen molar-refractivity contribution in [2.75, 3.05) is 13.1 Å². The first-order valence-electron chi connectivity index (χ1n) is 6.24. The van der Waals surface area contributed by atoms with Gasteiger partial charge in [-0.15, -0.1) is 13.2 Å². The van der Waals surface area contributed by atoms with E-state index in [9.17, 15) is 13.2 Å². The predicted molar refractivity (Wildman–Crippen MR) is 62.2 cm³/mol. The number of piperidine rings is 1. The van der Waals surface area contributed by atoms with Crippen LogP contribution in [-0.4, -0.2) is 33.8 Å². The summed E-state index contributed by atoms with van der Waals surface area (Å²) in [5.41, 5.74) is 0.565. The third-order valence-electron chi connectivity index (χ3n) is 3.55. The van der Waals surface area contributed by atoms with Crippen LogP contribution in [0.3, 0.4) is 0 Å². The molecule has 0 saturated carbocycles. The molecule has 1 saturated heterocycles. The van der Waals surface area contributed by atoms with Crippen LogP contribution in [0, 0.1) is 0 Å². The Balaban J connectivity index is 2.00. The zero-order valence-corrected chi connectivity index (χ0v) is 10.6. The molecule has 0 N–H and O–H groups in total. The number of hydrogen-bond acceptors (Lipinski definition) is 2. The molecule has 0 amide bonds. The van der Waals surface area contributed by atoms with Gasteiger partial charge < -0.3 is 4.90 Å². The lowest BCUT2D eigenvalue weighted by atomic mass is 9.93. The molecule has 1 aliphatic rings. The van der Waals surface area contributed by atoms with Crippen LogP contribution in [0.25, 0.3) is 0 Å². The van der Waals surface area contributed by atoms with Gasteiger partial charge in [-0.2, -0.15) is 9.78 Å². The molecule has 0 aliphatic carbocycles. The Morgan fingerprint density at radius 2 is 1.89 bits per heavy atom. The van der Waals surface area contributed by atoms with Gasteiger partial charge in [0.1, 0.15) is 0 Å². The zero-order chi connectivity index (χ0) is 13.3. The number of hydrogen-bond donors (Lipinski definition) is 0. The average molecular weight is 261 g/mol. The van der Waals surface area contributed by atoms with Crippen molar-refractivity contribution in [3.05, 3.63) is 18.0 Å². The molecule has 0 atom stereocenters. The van der Waals surface area contributed by atoms with Crippen LogP contribution in [0.5, 0.6) is 0 Å². The molecule has 18 heavy (non-hydrogen) atoms. The lowest BCUT2D eigenvalue weighted by Crippen LogP contribution is -2.38. The zero-order valence-electron chi connectivity index (χ0n) is 10.6. The van der Waals surface area contributed by atoms with Crippen molar-refractivity contribution >= 4 is 0 Å². The van der Waals surface area contributed by atoms with Gasteiger partial charge in [0.05, 0.1) is 5.69 Å². The summed E-state index contributed by atoms with van der Waals surface area (Å²) in [5, 5.41) is 3.65. The van der Waals surface area contributed by atoms with Crippen LogP contribution < -0.4 is 0 Å². The summed E-state index contributed by atoms with van der Waals surface area (Å²) in [6.07, 6.45) is -1.64. The van der Waals surface area contributed by atoms with E-state index in [4.69, 9.17) is 0 Å². The minimum absolute atomic E-state index is 0.0944. The van der Waals surface area contributed by atoms with Crippen LogP contribution in [0.4, 0.5) is 13.2 Å². The van der Waals surface area contributed by atoms with Crippen molar-refractivity contribution in [2.24, 2.45) is 0 Å². The third-order valence-corrected chi connectivity index (χ3v) is 3.55. The molecule has 0 unspecified atom stereocenters.